The molecule has 8 nitrogen and oxygen atoms in total. The Morgan fingerprint density at radius 3 is 2.65 bits per heavy atom. The third-order valence-electron chi connectivity index (χ3n) is 5.68. The smallest absolute Gasteiger partial charge is 0.227 e. The van der Waals surface area contributed by atoms with E-state index in [1.54, 1.807) is 6.26 Å². The third kappa shape index (κ3) is 3.16. The number of aromatic nitrogens is 2. The van der Waals surface area contributed by atoms with Crippen LogP contribution in [0, 0.1) is 4.78 Å². The van der Waals surface area contributed by atoms with E-state index in [1.807, 2.05) is 6.07 Å². The van der Waals surface area contributed by atoms with E-state index < -0.39 is 14.5 Å². The van der Waals surface area contributed by atoms with Crippen molar-refractivity contribution in [1.29, 1.82) is 4.78 Å². The zero-order chi connectivity index (χ0) is 18.4. The van der Waals surface area contributed by atoms with Gasteiger partial charge in [-0.1, -0.05) is 0 Å². The van der Waals surface area contributed by atoms with Crippen molar-refractivity contribution in [3.8, 4) is 0 Å². The van der Waals surface area contributed by atoms with E-state index in [1.165, 1.54) is 0 Å². The summed E-state index contributed by atoms with van der Waals surface area (Å²) in [4.78, 5) is 14.1. The molecule has 1 aromatic rings. The van der Waals surface area contributed by atoms with E-state index in [0.717, 1.165) is 57.1 Å². The Hall–Kier alpha value is -1.45. The molecule has 2 N–H and O–H groups in total. The molecule has 2 saturated heterocycles. The number of hydrogen-bond donors (Lipinski definition) is 2. The number of nitrogens with zero attached hydrogens (tertiary/aromatic N) is 4. The number of hydrogen-bond acceptors (Lipinski definition) is 8. The Labute approximate surface area is 155 Å². The van der Waals surface area contributed by atoms with Gasteiger partial charge in [-0.25, -0.2) is 9.19 Å². The van der Waals surface area contributed by atoms with Gasteiger partial charge in [-0.2, -0.15) is 4.98 Å². The Morgan fingerprint density at radius 1 is 1.31 bits per heavy atom. The van der Waals surface area contributed by atoms with Gasteiger partial charge in [0, 0.05) is 45.0 Å². The maximum atomic E-state index is 12.7. The van der Waals surface area contributed by atoms with Crippen molar-refractivity contribution in [3.05, 3.63) is 11.8 Å². The molecule has 9 heteroatoms. The van der Waals surface area contributed by atoms with Gasteiger partial charge in [0.2, 0.25) is 5.95 Å². The molecule has 2 aliphatic heterocycles. The molecule has 26 heavy (non-hydrogen) atoms. The standard InChI is InChI=1S/C17H28N6O2S/c1-13-12-25-10-9-23(13)15-11-14(17(3-4-17)26(2,18)24)20-16(21-15)22-7-5-19-6-8-22/h11,13,18-19H,3-10,12H2,1-2H3/t13-,26?/m1/s1. The van der Waals surface area contributed by atoms with Gasteiger partial charge in [0.15, 0.2) is 0 Å². The fraction of sp³-hybridized carbons (Fsp3) is 0.765. The van der Waals surface area contributed by atoms with Crippen LogP contribution in [0.25, 0.3) is 0 Å². The van der Waals surface area contributed by atoms with Crippen LogP contribution in [0.4, 0.5) is 11.8 Å². The molecule has 0 aromatic carbocycles. The molecule has 2 atom stereocenters. The van der Waals surface area contributed by atoms with Crippen molar-refractivity contribution < 1.29 is 8.95 Å². The van der Waals surface area contributed by atoms with Crippen LogP contribution < -0.4 is 15.1 Å². The predicted octanol–water partition coefficient (Wildman–Crippen LogP) is 0.777. The van der Waals surface area contributed by atoms with Crippen LogP contribution in [-0.4, -0.2) is 72.4 Å². The van der Waals surface area contributed by atoms with Crippen LogP contribution in [0.5, 0.6) is 0 Å². The average molecular weight is 381 g/mol. The number of piperazine rings is 1. The first-order chi connectivity index (χ1) is 12.4. The Bertz CT molecular complexity index is 773. The van der Waals surface area contributed by atoms with E-state index >= 15 is 0 Å². The summed E-state index contributed by atoms with van der Waals surface area (Å²) in [5, 5.41) is 3.35. The predicted molar refractivity (Wildman–Crippen MR) is 102 cm³/mol. The first kappa shape index (κ1) is 17.9. The van der Waals surface area contributed by atoms with Crippen molar-refractivity contribution in [1.82, 2.24) is 15.3 Å². The van der Waals surface area contributed by atoms with Gasteiger partial charge in [0.05, 0.1) is 39.4 Å². The lowest BCUT2D eigenvalue weighted by Gasteiger charge is -2.36. The first-order valence-corrected chi connectivity index (χ1v) is 11.3. The lowest BCUT2D eigenvalue weighted by Crippen LogP contribution is -2.46. The second-order valence-corrected chi connectivity index (χ2v) is 10.1. The van der Waals surface area contributed by atoms with Crippen molar-refractivity contribution >= 4 is 21.5 Å². The molecule has 1 saturated carbocycles. The molecule has 0 radical (unpaired) electrons. The zero-order valence-corrected chi connectivity index (χ0v) is 16.3. The Balaban J connectivity index is 1.77. The van der Waals surface area contributed by atoms with E-state index in [2.05, 4.69) is 22.0 Å². The maximum Gasteiger partial charge on any atom is 0.227 e. The minimum absolute atomic E-state index is 0.236. The number of nitrogens with one attached hydrogen (secondary N) is 2. The summed E-state index contributed by atoms with van der Waals surface area (Å²) in [5.41, 5.74) is 0.775. The lowest BCUT2D eigenvalue weighted by molar-refractivity contribution is 0.0985. The summed E-state index contributed by atoms with van der Waals surface area (Å²) in [6.45, 7) is 7.81. The van der Waals surface area contributed by atoms with Crippen molar-refractivity contribution in [3.63, 3.8) is 0 Å². The largest absolute Gasteiger partial charge is 0.377 e. The molecule has 0 spiro atoms. The summed E-state index contributed by atoms with van der Waals surface area (Å²) in [7, 11) is -2.72. The SMILES string of the molecule is C[C@@H]1COCCN1c1cc(C2(S(C)(=N)=O)CC2)nc(N2CCNCC2)n1. The normalized spacial score (nSPS) is 27.8. The van der Waals surface area contributed by atoms with Gasteiger partial charge in [-0.3, -0.25) is 4.78 Å². The summed E-state index contributed by atoms with van der Waals surface area (Å²) in [6.07, 6.45) is 3.08. The summed E-state index contributed by atoms with van der Waals surface area (Å²) in [6, 6.07) is 2.21. The molecule has 3 heterocycles. The molecule has 1 aromatic heterocycles. The van der Waals surface area contributed by atoms with Gasteiger partial charge in [-0.15, -0.1) is 0 Å². The van der Waals surface area contributed by atoms with E-state index in [9.17, 15) is 4.21 Å². The molecular weight excluding hydrogens is 352 g/mol. The van der Waals surface area contributed by atoms with Crippen molar-refractivity contribution in [2.24, 2.45) is 0 Å². The van der Waals surface area contributed by atoms with Crippen LogP contribution >= 0.6 is 0 Å². The molecule has 1 unspecified atom stereocenters. The van der Waals surface area contributed by atoms with Gasteiger partial charge < -0.3 is 19.9 Å². The van der Waals surface area contributed by atoms with Crippen LogP contribution in [0.1, 0.15) is 25.5 Å². The minimum atomic E-state index is -2.72. The van der Waals surface area contributed by atoms with E-state index in [-0.39, 0.29) is 6.04 Å². The summed E-state index contributed by atoms with van der Waals surface area (Å²) < 4.78 is 25.8. The highest BCUT2D eigenvalue weighted by Gasteiger charge is 2.53. The molecular formula is C17H28N6O2S. The number of morpholine rings is 1. The van der Waals surface area contributed by atoms with Gasteiger partial charge in [-0.05, 0) is 19.8 Å². The van der Waals surface area contributed by atoms with Gasteiger partial charge >= 0.3 is 0 Å². The second kappa shape index (κ2) is 6.61. The summed E-state index contributed by atoms with van der Waals surface area (Å²) in [5.74, 6) is 1.57. The molecule has 144 valence electrons. The third-order valence-corrected chi connectivity index (χ3v) is 7.79. The van der Waals surface area contributed by atoms with Crippen LogP contribution in [0.2, 0.25) is 0 Å². The number of rotatable bonds is 4. The minimum Gasteiger partial charge on any atom is -0.377 e. The molecule has 3 fully saturated rings. The quantitative estimate of drug-likeness (QED) is 0.797. The molecule has 1 aliphatic carbocycles. The Kier molecular flexibility index (Phi) is 4.56. The fourth-order valence-corrected chi connectivity index (χ4v) is 5.22. The van der Waals surface area contributed by atoms with Crippen molar-refractivity contribution in [2.45, 2.75) is 30.6 Å². The average Bonchev–Trinajstić information content (AvgIpc) is 3.44. The van der Waals surface area contributed by atoms with E-state index in [0.29, 0.717) is 19.2 Å². The first-order valence-electron chi connectivity index (χ1n) is 9.34. The van der Waals surface area contributed by atoms with Crippen LogP contribution in [0.3, 0.4) is 0 Å². The topological polar surface area (TPSA) is 94.4 Å². The zero-order valence-electron chi connectivity index (χ0n) is 15.5. The summed E-state index contributed by atoms with van der Waals surface area (Å²) >= 11 is 0. The highest BCUT2D eigenvalue weighted by atomic mass is 32.2. The van der Waals surface area contributed by atoms with Crippen LogP contribution in [-0.2, 0) is 19.2 Å². The lowest BCUT2D eigenvalue weighted by atomic mass is 10.2. The highest BCUT2D eigenvalue weighted by Crippen LogP contribution is 2.52. The molecule has 4 rings (SSSR count). The fourth-order valence-electron chi connectivity index (χ4n) is 3.84. The molecule has 0 amide bonds. The maximum absolute atomic E-state index is 12.7. The van der Waals surface area contributed by atoms with Crippen LogP contribution in [0.15, 0.2) is 6.07 Å². The number of anilines is 2. The van der Waals surface area contributed by atoms with E-state index in [4.69, 9.17) is 19.5 Å². The number of ether oxygens (including phenoxy) is 1. The second-order valence-electron chi connectivity index (χ2n) is 7.60. The molecule has 3 aliphatic rings. The highest BCUT2D eigenvalue weighted by molar-refractivity contribution is 7.92. The van der Waals surface area contributed by atoms with Crippen molar-refractivity contribution in [2.75, 3.05) is 62.0 Å². The monoisotopic (exact) mass is 380 g/mol. The molecule has 0 bridgehead atoms. The Morgan fingerprint density at radius 2 is 2.04 bits per heavy atom. The van der Waals surface area contributed by atoms with Gasteiger partial charge in [0.1, 0.15) is 5.82 Å². The van der Waals surface area contributed by atoms with Gasteiger partial charge in [0.25, 0.3) is 0 Å².